The summed E-state index contributed by atoms with van der Waals surface area (Å²) in [6.45, 7) is 2.63. The summed E-state index contributed by atoms with van der Waals surface area (Å²) in [5.74, 6) is -0.809. The van der Waals surface area contributed by atoms with Crippen molar-refractivity contribution in [2.45, 2.75) is 13.8 Å². The molecular weight excluding hydrogens is 393 g/mol. The maximum absolute atomic E-state index is 10.8. The average molecular weight is 404 g/mol. The molecule has 1 rings (SSSR count). The molecule has 1 aromatic carbocycles. The van der Waals surface area contributed by atoms with Crippen LogP contribution in [0.4, 0.5) is 0 Å². The summed E-state index contributed by atoms with van der Waals surface area (Å²) in [5, 5.41) is 0. The van der Waals surface area contributed by atoms with E-state index in [1.165, 1.54) is 13.8 Å². The Morgan fingerprint density at radius 2 is 1.47 bits per heavy atom. The summed E-state index contributed by atoms with van der Waals surface area (Å²) in [6, 6.07) is 9.12. The molecule has 0 aliphatic rings. The molecule has 0 saturated heterocycles. The predicted octanol–water partition coefficient (Wildman–Crippen LogP) is 0.508. The van der Waals surface area contributed by atoms with Crippen LogP contribution in [0.3, 0.4) is 0 Å². The van der Waals surface area contributed by atoms with E-state index in [4.69, 9.17) is 5.63 Å². The van der Waals surface area contributed by atoms with E-state index < -0.39 is 34.6 Å². The second-order valence-electron chi connectivity index (χ2n) is 2.76. The molecule has 0 radical (unpaired) electrons. The molecule has 0 N–H and O–H groups in total. The van der Waals surface area contributed by atoms with Gasteiger partial charge in [0, 0.05) is 0 Å². The quantitative estimate of drug-likeness (QED) is 0.690. The maximum atomic E-state index is 10.8. The first-order chi connectivity index (χ1) is 7.09. The van der Waals surface area contributed by atoms with E-state index in [1.54, 1.807) is 0 Å². The first kappa shape index (κ1) is 12.1. The van der Waals surface area contributed by atoms with E-state index in [-0.39, 0.29) is 0 Å². The van der Waals surface area contributed by atoms with Crippen molar-refractivity contribution in [1.82, 2.24) is 0 Å². The van der Waals surface area contributed by atoms with Crippen LogP contribution in [0.1, 0.15) is 13.8 Å². The third-order valence-electron chi connectivity index (χ3n) is 1.39. The molecule has 0 spiro atoms. The molecule has 0 aromatic heterocycles. The van der Waals surface area contributed by atoms with Crippen LogP contribution in [0.5, 0.6) is 0 Å². The zero-order valence-electron chi connectivity index (χ0n) is 8.47. The minimum absolute atomic E-state index is 0.405. The van der Waals surface area contributed by atoms with Gasteiger partial charge in [-0.15, -0.1) is 0 Å². The Morgan fingerprint density at radius 3 is 1.87 bits per heavy atom. The molecule has 15 heavy (non-hydrogen) atoms. The Hall–Kier alpha value is -0.957. The molecule has 0 amide bonds. The Morgan fingerprint density at radius 1 is 1.00 bits per heavy atom. The molecule has 0 atom stereocenters. The van der Waals surface area contributed by atoms with E-state index >= 15 is 0 Å². The molecule has 0 aliphatic carbocycles. The molecule has 1 aromatic rings. The van der Waals surface area contributed by atoms with Crippen LogP contribution < -0.4 is 3.27 Å². The van der Waals surface area contributed by atoms with Crippen molar-refractivity contribution in [2.24, 2.45) is 0 Å². The van der Waals surface area contributed by atoms with Gasteiger partial charge in [0.1, 0.15) is 0 Å². The molecular formula is C10H11BiO4. The Balaban J connectivity index is 2.81. The number of hydrogen-bond donors (Lipinski definition) is 0. The molecule has 0 bridgehead atoms. The van der Waals surface area contributed by atoms with Crippen LogP contribution in [0.15, 0.2) is 30.3 Å². The summed E-state index contributed by atoms with van der Waals surface area (Å²) < 4.78 is 11.0. The monoisotopic (exact) mass is 404 g/mol. The average Bonchev–Trinajstić information content (AvgIpc) is 2.17. The molecule has 0 fully saturated rings. The van der Waals surface area contributed by atoms with Crippen LogP contribution >= 0.6 is 0 Å². The van der Waals surface area contributed by atoms with Gasteiger partial charge in [0.2, 0.25) is 0 Å². The molecule has 0 unspecified atom stereocenters. The molecule has 5 heteroatoms. The number of benzene rings is 1. The third kappa shape index (κ3) is 4.39. The van der Waals surface area contributed by atoms with E-state index in [9.17, 15) is 9.59 Å². The van der Waals surface area contributed by atoms with Gasteiger partial charge >= 0.3 is 97.2 Å². The first-order valence-corrected chi connectivity index (χ1v) is 8.89. The van der Waals surface area contributed by atoms with Crippen LogP contribution in [0.25, 0.3) is 0 Å². The SMILES string of the molecule is CC(=O)[O][Bi]([O]C(C)=O)[c]1ccccc1. The third-order valence-corrected chi connectivity index (χ3v) is 7.48. The molecule has 0 heterocycles. The molecule has 4 nitrogen and oxygen atoms in total. The van der Waals surface area contributed by atoms with E-state index in [0.29, 0.717) is 0 Å². The van der Waals surface area contributed by atoms with Crippen molar-refractivity contribution >= 4 is 37.8 Å². The van der Waals surface area contributed by atoms with E-state index in [0.717, 1.165) is 3.27 Å². The Bertz CT molecular complexity index is 334. The van der Waals surface area contributed by atoms with Crippen LogP contribution in [0, 0.1) is 0 Å². The van der Waals surface area contributed by atoms with E-state index in [2.05, 4.69) is 0 Å². The van der Waals surface area contributed by atoms with Gasteiger partial charge in [-0.2, -0.15) is 0 Å². The molecule has 0 aliphatic heterocycles. The molecule has 80 valence electrons. The summed E-state index contributed by atoms with van der Waals surface area (Å²) in [4.78, 5) is 21.7. The molecule has 0 saturated carbocycles. The number of hydrogen-bond acceptors (Lipinski definition) is 4. The van der Waals surface area contributed by atoms with Crippen molar-refractivity contribution in [2.75, 3.05) is 0 Å². The fraction of sp³-hybridized carbons (Fsp3) is 0.200. The first-order valence-electron chi connectivity index (χ1n) is 4.32. The minimum atomic E-state index is -3.08. The van der Waals surface area contributed by atoms with Gasteiger partial charge in [0.15, 0.2) is 0 Å². The zero-order chi connectivity index (χ0) is 11.3. The van der Waals surface area contributed by atoms with Crippen LogP contribution in [0.2, 0.25) is 0 Å². The summed E-state index contributed by atoms with van der Waals surface area (Å²) in [5.41, 5.74) is 0. The van der Waals surface area contributed by atoms with Crippen molar-refractivity contribution in [3.63, 3.8) is 0 Å². The number of carbonyl (C=O) groups is 2. The van der Waals surface area contributed by atoms with Crippen LogP contribution in [-0.2, 0) is 15.2 Å². The second kappa shape index (κ2) is 5.81. The van der Waals surface area contributed by atoms with Crippen molar-refractivity contribution in [1.29, 1.82) is 0 Å². The Labute approximate surface area is 97.1 Å². The second-order valence-corrected chi connectivity index (χ2v) is 8.18. The summed E-state index contributed by atoms with van der Waals surface area (Å²) >= 11 is -3.08. The van der Waals surface area contributed by atoms with Gasteiger partial charge in [-0.25, -0.2) is 0 Å². The van der Waals surface area contributed by atoms with Crippen molar-refractivity contribution in [3.8, 4) is 0 Å². The normalized spacial score (nSPS) is 9.80. The van der Waals surface area contributed by atoms with E-state index in [1.807, 2.05) is 30.3 Å². The van der Waals surface area contributed by atoms with Crippen LogP contribution in [-0.4, -0.2) is 34.6 Å². The van der Waals surface area contributed by atoms with Gasteiger partial charge in [0.05, 0.1) is 0 Å². The van der Waals surface area contributed by atoms with Gasteiger partial charge in [-0.1, -0.05) is 0 Å². The van der Waals surface area contributed by atoms with Gasteiger partial charge in [-0.3, -0.25) is 0 Å². The fourth-order valence-corrected chi connectivity index (χ4v) is 5.30. The predicted molar refractivity (Wildman–Crippen MR) is 55.4 cm³/mol. The Kier molecular flexibility index (Phi) is 4.69. The van der Waals surface area contributed by atoms with Crippen molar-refractivity contribution in [3.05, 3.63) is 30.3 Å². The topological polar surface area (TPSA) is 52.6 Å². The van der Waals surface area contributed by atoms with Gasteiger partial charge < -0.3 is 0 Å². The van der Waals surface area contributed by atoms with Crippen molar-refractivity contribution < 1.29 is 15.2 Å². The fourth-order valence-electron chi connectivity index (χ4n) is 0.907. The van der Waals surface area contributed by atoms with Gasteiger partial charge in [-0.05, 0) is 0 Å². The standard InChI is InChI=1S/C6H5.2C2H4O2.Bi/c1-2-4-6-5-3-1;2*1-2(3)4;/h1-5H;2*1H3,(H,3,4);/q;;;+2/p-2. The summed E-state index contributed by atoms with van der Waals surface area (Å²) in [7, 11) is 0. The summed E-state index contributed by atoms with van der Waals surface area (Å²) in [6.07, 6.45) is 0. The number of carbonyl (C=O) groups excluding carboxylic acids is 2. The number of rotatable bonds is 3. The van der Waals surface area contributed by atoms with Gasteiger partial charge in [0.25, 0.3) is 0 Å². The zero-order valence-corrected chi connectivity index (χ0v) is 11.9.